The Morgan fingerprint density at radius 3 is 3.06 bits per heavy atom. The minimum Gasteiger partial charge on any atom is -0.355 e. The van der Waals surface area contributed by atoms with Gasteiger partial charge in [-0.3, -0.25) is 4.79 Å². The first-order chi connectivity index (χ1) is 8.79. The second-order valence-corrected chi connectivity index (χ2v) is 4.65. The van der Waals surface area contributed by atoms with Gasteiger partial charge in [0.15, 0.2) is 11.5 Å². The number of hydrogen-bond acceptors (Lipinski definition) is 4. The van der Waals surface area contributed by atoms with Crippen molar-refractivity contribution in [2.45, 2.75) is 0 Å². The number of nitrogens with zero attached hydrogens (tertiary/aromatic N) is 2. The first kappa shape index (κ1) is 10.9. The van der Waals surface area contributed by atoms with Gasteiger partial charge in [-0.2, -0.15) is 0 Å². The van der Waals surface area contributed by atoms with Crippen LogP contribution in [0.1, 0.15) is 10.4 Å². The molecule has 0 aliphatic carbocycles. The second-order valence-electron chi connectivity index (χ2n) is 3.70. The van der Waals surface area contributed by atoms with Crippen LogP contribution >= 0.6 is 11.3 Å². The fraction of sp³-hybridized carbons (Fsp3) is 0.0833. The van der Waals surface area contributed by atoms with Crippen molar-refractivity contribution in [1.29, 1.82) is 0 Å². The lowest BCUT2D eigenvalue weighted by Gasteiger charge is -1.99. The third-order valence-corrected chi connectivity index (χ3v) is 3.49. The molecular weight excluding hydrogens is 248 g/mol. The van der Waals surface area contributed by atoms with Gasteiger partial charge in [0.05, 0.1) is 16.0 Å². The molecule has 2 N–H and O–H groups in total. The van der Waals surface area contributed by atoms with Crippen LogP contribution in [0.4, 0.5) is 0 Å². The fourth-order valence-corrected chi connectivity index (χ4v) is 2.43. The highest BCUT2D eigenvalue weighted by atomic mass is 32.1. The topological polar surface area (TPSA) is 70.7 Å². The molecule has 0 saturated carbocycles. The molecule has 0 aliphatic heterocycles. The summed E-state index contributed by atoms with van der Waals surface area (Å²) in [5.74, 6) is 0.590. The number of carbonyl (C=O) groups excluding carboxylic acids is 1. The molecular formula is C12H10N4OS. The zero-order valence-electron chi connectivity index (χ0n) is 9.60. The van der Waals surface area contributed by atoms with E-state index in [0.717, 1.165) is 10.7 Å². The minimum absolute atomic E-state index is 0.149. The number of fused-ring (bicyclic) bond motifs is 1. The van der Waals surface area contributed by atoms with E-state index in [4.69, 9.17) is 0 Å². The first-order valence-electron chi connectivity index (χ1n) is 5.40. The van der Waals surface area contributed by atoms with Crippen LogP contribution < -0.4 is 5.32 Å². The summed E-state index contributed by atoms with van der Waals surface area (Å²) in [6.07, 6.45) is 1.59. The molecule has 0 radical (unpaired) electrons. The monoisotopic (exact) mass is 258 g/mol. The predicted molar refractivity (Wildman–Crippen MR) is 70.6 cm³/mol. The lowest BCUT2D eigenvalue weighted by molar-refractivity contribution is 0.0964. The number of rotatable bonds is 2. The molecule has 0 atom stereocenters. The highest BCUT2D eigenvalue weighted by Crippen LogP contribution is 2.24. The highest BCUT2D eigenvalue weighted by molar-refractivity contribution is 7.13. The van der Waals surface area contributed by atoms with E-state index in [9.17, 15) is 4.79 Å². The Morgan fingerprint density at radius 1 is 1.44 bits per heavy atom. The molecule has 3 heterocycles. The van der Waals surface area contributed by atoms with Crippen molar-refractivity contribution in [3.8, 4) is 10.7 Å². The molecule has 0 bridgehead atoms. The average molecular weight is 258 g/mol. The number of thiophene rings is 1. The van der Waals surface area contributed by atoms with Gasteiger partial charge in [-0.25, -0.2) is 9.97 Å². The number of amides is 1. The van der Waals surface area contributed by atoms with Crippen molar-refractivity contribution in [1.82, 2.24) is 20.3 Å². The lowest BCUT2D eigenvalue weighted by atomic mass is 10.2. The summed E-state index contributed by atoms with van der Waals surface area (Å²) < 4.78 is 0. The second kappa shape index (κ2) is 4.23. The third kappa shape index (κ3) is 1.67. The Labute approximate surface area is 107 Å². The minimum atomic E-state index is -0.149. The molecule has 3 aromatic heterocycles. The van der Waals surface area contributed by atoms with E-state index < -0.39 is 0 Å². The van der Waals surface area contributed by atoms with Crippen molar-refractivity contribution < 1.29 is 4.79 Å². The SMILES string of the molecule is CNC(=O)c1ccnc2nc(-c3cccs3)[nH]c12. The van der Waals surface area contributed by atoms with E-state index in [-0.39, 0.29) is 5.91 Å². The van der Waals surface area contributed by atoms with Crippen LogP contribution in [0.5, 0.6) is 0 Å². The largest absolute Gasteiger partial charge is 0.355 e. The van der Waals surface area contributed by atoms with Gasteiger partial charge >= 0.3 is 0 Å². The highest BCUT2D eigenvalue weighted by Gasteiger charge is 2.14. The molecule has 0 aromatic carbocycles. The van der Waals surface area contributed by atoms with Gasteiger partial charge < -0.3 is 10.3 Å². The number of aromatic amines is 1. The van der Waals surface area contributed by atoms with Crippen LogP contribution in [0.3, 0.4) is 0 Å². The summed E-state index contributed by atoms with van der Waals surface area (Å²) in [5, 5.41) is 4.59. The molecule has 0 spiro atoms. The van der Waals surface area contributed by atoms with Crippen LogP contribution in [0.15, 0.2) is 29.8 Å². The number of nitrogens with one attached hydrogen (secondary N) is 2. The summed E-state index contributed by atoms with van der Waals surface area (Å²) in [6, 6.07) is 5.61. The van der Waals surface area contributed by atoms with E-state index in [1.54, 1.807) is 30.6 Å². The average Bonchev–Trinajstić information content (AvgIpc) is 3.04. The van der Waals surface area contributed by atoms with Crippen LogP contribution in [-0.4, -0.2) is 27.9 Å². The first-order valence-corrected chi connectivity index (χ1v) is 6.28. The maximum absolute atomic E-state index is 11.7. The number of carbonyl (C=O) groups is 1. The summed E-state index contributed by atoms with van der Waals surface area (Å²) in [7, 11) is 1.60. The molecule has 90 valence electrons. The maximum Gasteiger partial charge on any atom is 0.253 e. The Morgan fingerprint density at radius 2 is 2.33 bits per heavy atom. The molecule has 0 fully saturated rings. The van der Waals surface area contributed by atoms with E-state index in [1.165, 1.54) is 0 Å². The lowest BCUT2D eigenvalue weighted by Crippen LogP contribution is -2.18. The summed E-state index contributed by atoms with van der Waals surface area (Å²) >= 11 is 1.59. The van der Waals surface area contributed by atoms with Crippen molar-refractivity contribution in [3.63, 3.8) is 0 Å². The standard InChI is InChI=1S/C12H10N4OS/c1-13-12(17)7-4-5-14-11-9(7)15-10(16-11)8-3-2-6-18-8/h2-6H,1H3,(H,13,17)(H,14,15,16). The summed E-state index contributed by atoms with van der Waals surface area (Å²) in [5.41, 5.74) is 1.78. The molecule has 18 heavy (non-hydrogen) atoms. The van der Waals surface area contributed by atoms with Crippen molar-refractivity contribution in [2.75, 3.05) is 7.05 Å². The number of imidazole rings is 1. The smallest absolute Gasteiger partial charge is 0.253 e. The zero-order valence-corrected chi connectivity index (χ0v) is 10.4. The molecule has 3 rings (SSSR count). The zero-order chi connectivity index (χ0) is 12.5. The van der Waals surface area contributed by atoms with Gasteiger partial charge in [-0.15, -0.1) is 11.3 Å². The Balaban J connectivity index is 2.20. The van der Waals surface area contributed by atoms with Gasteiger partial charge in [-0.1, -0.05) is 6.07 Å². The van der Waals surface area contributed by atoms with Crippen molar-refractivity contribution in [3.05, 3.63) is 35.3 Å². The Kier molecular flexibility index (Phi) is 2.56. The molecule has 0 saturated heterocycles. The third-order valence-electron chi connectivity index (χ3n) is 2.62. The van der Waals surface area contributed by atoms with Crippen LogP contribution in [0.2, 0.25) is 0 Å². The van der Waals surface area contributed by atoms with Gasteiger partial charge in [0, 0.05) is 13.2 Å². The van der Waals surface area contributed by atoms with E-state index in [2.05, 4.69) is 20.3 Å². The van der Waals surface area contributed by atoms with E-state index >= 15 is 0 Å². The van der Waals surface area contributed by atoms with Gasteiger partial charge in [0.2, 0.25) is 0 Å². The normalized spacial score (nSPS) is 10.7. The number of pyridine rings is 1. The molecule has 0 unspecified atom stereocenters. The van der Waals surface area contributed by atoms with Crippen molar-refractivity contribution in [2.24, 2.45) is 0 Å². The quantitative estimate of drug-likeness (QED) is 0.739. The molecule has 1 amide bonds. The van der Waals surface area contributed by atoms with E-state index in [0.29, 0.717) is 16.7 Å². The molecule has 3 aromatic rings. The number of H-pyrrole nitrogens is 1. The summed E-state index contributed by atoms with van der Waals surface area (Å²) in [6.45, 7) is 0. The fourth-order valence-electron chi connectivity index (χ4n) is 1.76. The maximum atomic E-state index is 11.7. The summed E-state index contributed by atoms with van der Waals surface area (Å²) in [4.78, 5) is 24.5. The number of aromatic nitrogens is 3. The molecule has 0 aliphatic rings. The van der Waals surface area contributed by atoms with Crippen LogP contribution in [0.25, 0.3) is 21.9 Å². The van der Waals surface area contributed by atoms with Crippen LogP contribution in [-0.2, 0) is 0 Å². The van der Waals surface area contributed by atoms with Crippen LogP contribution in [0, 0.1) is 0 Å². The van der Waals surface area contributed by atoms with E-state index in [1.807, 2.05) is 17.5 Å². The molecule has 6 heteroatoms. The van der Waals surface area contributed by atoms with Gasteiger partial charge in [0.1, 0.15) is 0 Å². The van der Waals surface area contributed by atoms with Crippen molar-refractivity contribution >= 4 is 28.4 Å². The number of hydrogen-bond donors (Lipinski definition) is 2. The Hall–Kier alpha value is -2.21. The Bertz CT molecular complexity index is 702. The van der Waals surface area contributed by atoms with Gasteiger partial charge in [0.25, 0.3) is 5.91 Å². The van der Waals surface area contributed by atoms with Gasteiger partial charge in [-0.05, 0) is 17.5 Å². The predicted octanol–water partition coefficient (Wildman–Crippen LogP) is 2.05. The molecule has 5 nitrogen and oxygen atoms in total.